The monoisotopic (exact) mass is 255 g/mol. The van der Waals surface area contributed by atoms with Crippen molar-refractivity contribution in [2.75, 3.05) is 0 Å². The molecule has 1 aromatic rings. The van der Waals surface area contributed by atoms with Gasteiger partial charge in [-0.25, -0.2) is 0 Å². The SMILES string of the molecule is CCCCC(C)NC(=O)c1cc(O)ccc1Cl. The highest BCUT2D eigenvalue weighted by molar-refractivity contribution is 6.33. The summed E-state index contributed by atoms with van der Waals surface area (Å²) >= 11 is 5.91. The van der Waals surface area contributed by atoms with E-state index in [1.807, 2.05) is 6.92 Å². The molecular formula is C13H18ClNO2. The van der Waals surface area contributed by atoms with E-state index in [0.29, 0.717) is 10.6 Å². The average molecular weight is 256 g/mol. The van der Waals surface area contributed by atoms with Gasteiger partial charge in [0.15, 0.2) is 0 Å². The fourth-order valence-electron chi connectivity index (χ4n) is 1.57. The van der Waals surface area contributed by atoms with Crippen molar-refractivity contribution in [3.05, 3.63) is 28.8 Å². The Hall–Kier alpha value is -1.22. The molecule has 1 amide bonds. The lowest BCUT2D eigenvalue weighted by Crippen LogP contribution is -2.32. The van der Waals surface area contributed by atoms with Gasteiger partial charge in [0.1, 0.15) is 5.75 Å². The number of hydrogen-bond donors (Lipinski definition) is 2. The molecule has 1 unspecified atom stereocenters. The summed E-state index contributed by atoms with van der Waals surface area (Å²) < 4.78 is 0. The number of amides is 1. The number of halogens is 1. The third-order valence-corrected chi connectivity index (χ3v) is 2.89. The number of hydrogen-bond acceptors (Lipinski definition) is 2. The molecule has 0 aliphatic carbocycles. The van der Waals surface area contributed by atoms with Crippen molar-refractivity contribution in [3.63, 3.8) is 0 Å². The third-order valence-electron chi connectivity index (χ3n) is 2.56. The van der Waals surface area contributed by atoms with Gasteiger partial charge in [-0.15, -0.1) is 0 Å². The smallest absolute Gasteiger partial charge is 0.253 e. The van der Waals surface area contributed by atoms with Gasteiger partial charge in [0, 0.05) is 6.04 Å². The first-order chi connectivity index (χ1) is 8.04. The van der Waals surface area contributed by atoms with Crippen molar-refractivity contribution >= 4 is 17.5 Å². The van der Waals surface area contributed by atoms with Crippen molar-refractivity contribution < 1.29 is 9.90 Å². The molecule has 0 aliphatic heterocycles. The minimum Gasteiger partial charge on any atom is -0.508 e. The normalized spacial score (nSPS) is 12.2. The van der Waals surface area contributed by atoms with Gasteiger partial charge in [-0.05, 0) is 31.5 Å². The van der Waals surface area contributed by atoms with Crippen LogP contribution in [0.25, 0.3) is 0 Å². The first kappa shape index (κ1) is 13.8. The lowest BCUT2D eigenvalue weighted by Gasteiger charge is -2.14. The maximum Gasteiger partial charge on any atom is 0.253 e. The second-order valence-electron chi connectivity index (χ2n) is 4.18. The Labute approximate surface area is 107 Å². The van der Waals surface area contributed by atoms with Crippen LogP contribution in [0.1, 0.15) is 43.5 Å². The van der Waals surface area contributed by atoms with Crippen LogP contribution >= 0.6 is 11.6 Å². The molecule has 0 fully saturated rings. The zero-order chi connectivity index (χ0) is 12.8. The molecule has 0 bridgehead atoms. The maximum atomic E-state index is 11.9. The molecule has 4 heteroatoms. The Bertz CT molecular complexity index is 393. The summed E-state index contributed by atoms with van der Waals surface area (Å²) in [6, 6.07) is 4.47. The Balaban J connectivity index is 2.66. The summed E-state index contributed by atoms with van der Waals surface area (Å²) in [6.45, 7) is 4.07. The number of carbonyl (C=O) groups is 1. The fraction of sp³-hybridized carbons (Fsp3) is 0.462. The van der Waals surface area contributed by atoms with Crippen LogP contribution in [-0.2, 0) is 0 Å². The van der Waals surface area contributed by atoms with E-state index in [4.69, 9.17) is 11.6 Å². The second kappa shape index (κ2) is 6.50. The molecular weight excluding hydrogens is 238 g/mol. The van der Waals surface area contributed by atoms with Crippen molar-refractivity contribution in [3.8, 4) is 5.75 Å². The van der Waals surface area contributed by atoms with Gasteiger partial charge in [0.05, 0.1) is 10.6 Å². The van der Waals surface area contributed by atoms with Crippen LogP contribution in [0, 0.1) is 0 Å². The van der Waals surface area contributed by atoms with Gasteiger partial charge in [0.2, 0.25) is 0 Å². The standard InChI is InChI=1S/C13H18ClNO2/c1-3-4-5-9(2)15-13(17)11-8-10(16)6-7-12(11)14/h6-9,16H,3-5H2,1-2H3,(H,15,17). The summed E-state index contributed by atoms with van der Waals surface area (Å²) in [5.74, 6) is -0.199. The fourth-order valence-corrected chi connectivity index (χ4v) is 1.77. The van der Waals surface area contributed by atoms with Gasteiger partial charge in [0.25, 0.3) is 5.91 Å². The van der Waals surface area contributed by atoms with Gasteiger partial charge >= 0.3 is 0 Å². The Morgan fingerprint density at radius 3 is 2.88 bits per heavy atom. The highest BCUT2D eigenvalue weighted by Crippen LogP contribution is 2.21. The Morgan fingerprint density at radius 1 is 1.53 bits per heavy atom. The lowest BCUT2D eigenvalue weighted by molar-refractivity contribution is 0.0937. The zero-order valence-electron chi connectivity index (χ0n) is 10.2. The van der Waals surface area contributed by atoms with Gasteiger partial charge < -0.3 is 10.4 Å². The average Bonchev–Trinajstić information content (AvgIpc) is 2.29. The topological polar surface area (TPSA) is 49.3 Å². The minimum atomic E-state index is -0.241. The van der Waals surface area contributed by atoms with E-state index in [2.05, 4.69) is 12.2 Å². The number of phenols is 1. The third kappa shape index (κ3) is 4.27. The Morgan fingerprint density at radius 2 is 2.24 bits per heavy atom. The number of aromatic hydroxyl groups is 1. The zero-order valence-corrected chi connectivity index (χ0v) is 10.9. The summed E-state index contributed by atoms with van der Waals surface area (Å²) in [6.07, 6.45) is 3.13. The van der Waals surface area contributed by atoms with Crippen LogP contribution in [0.4, 0.5) is 0 Å². The van der Waals surface area contributed by atoms with Crippen LogP contribution in [0.15, 0.2) is 18.2 Å². The molecule has 0 spiro atoms. The van der Waals surface area contributed by atoms with E-state index in [1.165, 1.54) is 18.2 Å². The van der Waals surface area contributed by atoms with Gasteiger partial charge in [-0.2, -0.15) is 0 Å². The van der Waals surface area contributed by atoms with Crippen molar-refractivity contribution in [2.24, 2.45) is 0 Å². The second-order valence-corrected chi connectivity index (χ2v) is 4.59. The molecule has 0 radical (unpaired) electrons. The van der Waals surface area contributed by atoms with Crippen LogP contribution in [0.3, 0.4) is 0 Å². The van der Waals surface area contributed by atoms with Crippen LogP contribution < -0.4 is 5.32 Å². The summed E-state index contributed by atoms with van der Waals surface area (Å²) in [5.41, 5.74) is 0.315. The first-order valence-electron chi connectivity index (χ1n) is 5.84. The van der Waals surface area contributed by atoms with Crippen LogP contribution in [0.2, 0.25) is 5.02 Å². The molecule has 0 saturated carbocycles. The molecule has 0 aliphatic rings. The molecule has 0 aromatic heterocycles. The highest BCUT2D eigenvalue weighted by atomic mass is 35.5. The molecule has 1 atom stereocenters. The van der Waals surface area contributed by atoms with Crippen LogP contribution in [0.5, 0.6) is 5.75 Å². The molecule has 1 aromatic carbocycles. The molecule has 0 heterocycles. The number of nitrogens with one attached hydrogen (secondary N) is 1. The Kier molecular flexibility index (Phi) is 5.29. The van der Waals surface area contributed by atoms with Crippen LogP contribution in [-0.4, -0.2) is 17.1 Å². The predicted molar refractivity (Wildman–Crippen MR) is 69.6 cm³/mol. The number of rotatable bonds is 5. The van der Waals surface area contributed by atoms with Gasteiger partial charge in [-0.1, -0.05) is 31.4 Å². The first-order valence-corrected chi connectivity index (χ1v) is 6.21. The summed E-state index contributed by atoms with van der Waals surface area (Å²) in [5, 5.41) is 12.5. The largest absolute Gasteiger partial charge is 0.508 e. The number of phenolic OH excluding ortho intramolecular Hbond substituents is 1. The van der Waals surface area contributed by atoms with Crippen molar-refractivity contribution in [2.45, 2.75) is 39.2 Å². The quantitative estimate of drug-likeness (QED) is 0.848. The van der Waals surface area contributed by atoms with E-state index < -0.39 is 0 Å². The molecule has 3 nitrogen and oxygen atoms in total. The van der Waals surface area contributed by atoms with Crippen molar-refractivity contribution in [1.82, 2.24) is 5.32 Å². The molecule has 0 saturated heterocycles. The maximum absolute atomic E-state index is 11.9. The van der Waals surface area contributed by atoms with E-state index in [-0.39, 0.29) is 17.7 Å². The molecule has 1 rings (SSSR count). The van der Waals surface area contributed by atoms with E-state index in [9.17, 15) is 9.90 Å². The van der Waals surface area contributed by atoms with E-state index in [1.54, 1.807) is 0 Å². The van der Waals surface area contributed by atoms with Crippen molar-refractivity contribution in [1.29, 1.82) is 0 Å². The lowest BCUT2D eigenvalue weighted by atomic mass is 10.1. The molecule has 94 valence electrons. The number of carbonyl (C=O) groups excluding carboxylic acids is 1. The van der Waals surface area contributed by atoms with E-state index >= 15 is 0 Å². The summed E-state index contributed by atoms with van der Waals surface area (Å²) in [7, 11) is 0. The predicted octanol–water partition coefficient (Wildman–Crippen LogP) is 3.35. The van der Waals surface area contributed by atoms with Gasteiger partial charge in [-0.3, -0.25) is 4.79 Å². The molecule has 2 N–H and O–H groups in total. The minimum absolute atomic E-state index is 0.0424. The molecule has 17 heavy (non-hydrogen) atoms. The highest BCUT2D eigenvalue weighted by Gasteiger charge is 2.13. The number of unbranched alkanes of at least 4 members (excludes halogenated alkanes) is 1. The number of benzene rings is 1. The summed E-state index contributed by atoms with van der Waals surface area (Å²) in [4.78, 5) is 11.9. The van der Waals surface area contributed by atoms with E-state index in [0.717, 1.165) is 19.3 Å².